The first-order valence-electron chi connectivity index (χ1n) is 23.2. The highest BCUT2D eigenvalue weighted by Crippen LogP contribution is 2.41. The number of likely N-dealkylation sites (N-methyl/N-ethyl adjacent to an activating group) is 1. The molecule has 3 aromatic heterocycles. The van der Waals surface area contributed by atoms with Gasteiger partial charge < -0.3 is 34.1 Å². The predicted molar refractivity (Wildman–Crippen MR) is 248 cm³/mol. The van der Waals surface area contributed by atoms with Crippen molar-refractivity contribution in [3.8, 4) is 11.3 Å². The van der Waals surface area contributed by atoms with E-state index in [9.17, 15) is 24.0 Å². The van der Waals surface area contributed by atoms with Gasteiger partial charge in [-0.2, -0.15) is 0 Å². The highest BCUT2D eigenvalue weighted by molar-refractivity contribution is 5.94. The smallest absolute Gasteiger partial charge is 0.324 e. The summed E-state index contributed by atoms with van der Waals surface area (Å²) < 4.78 is 14.2. The molecule has 350 valence electrons. The molecule has 4 aliphatic heterocycles. The van der Waals surface area contributed by atoms with Crippen LogP contribution in [0.15, 0.2) is 54.9 Å². The molecule has 0 aromatic carbocycles. The minimum atomic E-state index is -1.01. The Morgan fingerprint density at radius 1 is 1.14 bits per heavy atom. The van der Waals surface area contributed by atoms with E-state index in [-0.39, 0.29) is 49.3 Å². The summed E-state index contributed by atoms with van der Waals surface area (Å²) in [5.74, 6) is -2.50. The Hall–Kier alpha value is -5.61. The van der Waals surface area contributed by atoms with Crippen LogP contribution in [0.3, 0.4) is 0 Å². The van der Waals surface area contributed by atoms with Crippen LogP contribution in [0.1, 0.15) is 91.0 Å². The van der Waals surface area contributed by atoms with Gasteiger partial charge in [-0.1, -0.05) is 45.9 Å². The van der Waals surface area contributed by atoms with E-state index >= 15 is 0 Å². The van der Waals surface area contributed by atoms with Gasteiger partial charge in [0.15, 0.2) is 0 Å². The first-order valence-corrected chi connectivity index (χ1v) is 23.2. The molecule has 6 bridgehead atoms. The number of amides is 4. The normalized spacial score (nSPS) is 22.5. The molecule has 2 N–H and O–H groups in total. The SMILES string of the molecule is C=CC(=O)N1CC[C@H](C(=O)N(C)C(C(=O)N[C@H]2CC3=CCCN(C3)c3cnc4c(c3)c(c(-c3cccnc3[C@H](C)OC)n4CC)CC(C)(C)COC(=O)[C@@H]3CCCN(N3)C2=O)C(C)C)C1. The van der Waals surface area contributed by atoms with Crippen LogP contribution < -0.4 is 15.6 Å². The van der Waals surface area contributed by atoms with Crippen molar-refractivity contribution in [2.75, 3.05) is 58.4 Å². The number of cyclic esters (lactones) is 1. The molecule has 1 unspecified atom stereocenters. The number of aryl methyl sites for hydroxylation is 1. The van der Waals surface area contributed by atoms with Gasteiger partial charge in [-0.3, -0.25) is 34.0 Å². The van der Waals surface area contributed by atoms with Crippen molar-refractivity contribution in [1.82, 2.24) is 40.1 Å². The fourth-order valence-electron chi connectivity index (χ4n) is 10.0. The van der Waals surface area contributed by atoms with Crippen molar-refractivity contribution in [2.24, 2.45) is 17.3 Å². The second kappa shape index (κ2) is 19.9. The average Bonchev–Trinajstić information content (AvgIpc) is 3.92. The lowest BCUT2D eigenvalue weighted by Gasteiger charge is -2.38. The van der Waals surface area contributed by atoms with E-state index in [0.717, 1.165) is 51.4 Å². The fraction of sp³-hybridized carbons (Fsp3) is 0.571. The van der Waals surface area contributed by atoms with Crippen LogP contribution in [-0.2, 0) is 46.4 Å². The maximum atomic E-state index is 14.7. The molecule has 2 fully saturated rings. The number of aromatic nitrogens is 3. The molecular weight excluding hydrogens is 827 g/mol. The number of carbonyl (C=O) groups is 5. The number of nitrogens with zero attached hydrogens (tertiary/aromatic N) is 7. The summed E-state index contributed by atoms with van der Waals surface area (Å²) in [4.78, 5) is 84.6. The van der Waals surface area contributed by atoms with Crippen LogP contribution in [0.25, 0.3) is 22.3 Å². The molecule has 0 aliphatic carbocycles. The fourth-order valence-corrected chi connectivity index (χ4v) is 10.0. The third kappa shape index (κ3) is 9.98. The largest absolute Gasteiger partial charge is 0.464 e. The molecule has 0 saturated carbocycles. The molecular formula is C49H67N9O7. The number of likely N-dealkylation sites (tertiary alicyclic amines) is 1. The van der Waals surface area contributed by atoms with Crippen molar-refractivity contribution in [3.05, 3.63) is 66.2 Å². The number of anilines is 1. The maximum Gasteiger partial charge on any atom is 0.324 e. The summed E-state index contributed by atoms with van der Waals surface area (Å²) in [6.45, 7) is 18.7. The Bertz CT molecular complexity index is 2340. The van der Waals surface area contributed by atoms with E-state index in [2.05, 4.69) is 65.8 Å². The lowest BCUT2D eigenvalue weighted by Crippen LogP contribution is -2.62. The molecule has 0 radical (unpaired) electrons. The first kappa shape index (κ1) is 47.4. The lowest BCUT2D eigenvalue weighted by molar-refractivity contribution is -0.155. The minimum absolute atomic E-state index is 0.128. The van der Waals surface area contributed by atoms with E-state index in [1.165, 1.54) is 16.0 Å². The minimum Gasteiger partial charge on any atom is -0.464 e. The molecule has 7 heterocycles. The molecule has 7 rings (SSSR count). The van der Waals surface area contributed by atoms with Gasteiger partial charge in [0.25, 0.3) is 5.91 Å². The van der Waals surface area contributed by atoms with Crippen LogP contribution >= 0.6 is 0 Å². The quantitative estimate of drug-likeness (QED) is 0.160. The van der Waals surface area contributed by atoms with Crippen LogP contribution in [0, 0.1) is 17.3 Å². The van der Waals surface area contributed by atoms with E-state index < -0.39 is 41.3 Å². The third-order valence-electron chi connectivity index (χ3n) is 13.5. The van der Waals surface area contributed by atoms with Crippen LogP contribution in [0.4, 0.5) is 5.69 Å². The summed E-state index contributed by atoms with van der Waals surface area (Å²) in [7, 11) is 3.30. The molecule has 16 heteroatoms. The first-order chi connectivity index (χ1) is 31.0. The summed E-state index contributed by atoms with van der Waals surface area (Å²) in [6.07, 6.45) is 9.83. The third-order valence-corrected chi connectivity index (χ3v) is 13.5. The van der Waals surface area contributed by atoms with E-state index in [0.29, 0.717) is 58.3 Å². The van der Waals surface area contributed by atoms with Crippen molar-refractivity contribution < 1.29 is 33.4 Å². The molecule has 0 spiro atoms. The number of methoxy groups -OCH3 is 1. The summed E-state index contributed by atoms with van der Waals surface area (Å²) in [5.41, 5.74) is 9.26. The van der Waals surface area contributed by atoms with Gasteiger partial charge in [0.2, 0.25) is 17.7 Å². The topological polar surface area (TPSA) is 172 Å². The van der Waals surface area contributed by atoms with Gasteiger partial charge in [-0.15, -0.1) is 0 Å². The van der Waals surface area contributed by atoms with Gasteiger partial charge in [-0.25, -0.2) is 10.4 Å². The van der Waals surface area contributed by atoms with Gasteiger partial charge in [0, 0.05) is 76.0 Å². The van der Waals surface area contributed by atoms with Gasteiger partial charge in [-0.05, 0) is 88.1 Å². The number of rotatable bonds is 10. The summed E-state index contributed by atoms with van der Waals surface area (Å²) in [5, 5.41) is 5.53. The number of ether oxygens (including phenoxy) is 2. The zero-order chi connectivity index (χ0) is 46.7. The Balaban J connectivity index is 1.25. The number of esters is 1. The lowest BCUT2D eigenvalue weighted by atomic mass is 9.84. The monoisotopic (exact) mass is 894 g/mol. The number of fused-ring (bicyclic) bond motifs is 6. The standard InChI is InChI=1S/C49H67N9O7/c1-10-40(59)56-22-18-33(28-56)46(61)54(8)42(30(3)4)45(60)52-39-23-32-15-13-20-55(27-32)34-24-36-37(25-49(6,7)29-65-48(63)38-17-14-21-58(53-38)47(39)62)43(57(11-2)44(36)51-26-34)35-16-12-19-50-41(35)31(5)64-9/h10,12,15-16,19,24,26,30-31,33,38-39,42,53H,1,11,13-14,17-18,20-23,25,27-29H2,2-9H3,(H,52,60)/t31-,33-,38-,39-,42?/m0/s1. The van der Waals surface area contributed by atoms with Crippen LogP contribution in [0.2, 0.25) is 0 Å². The van der Waals surface area contributed by atoms with E-state index in [1.807, 2.05) is 33.0 Å². The second-order valence-electron chi connectivity index (χ2n) is 19.2. The van der Waals surface area contributed by atoms with Gasteiger partial charge >= 0.3 is 5.97 Å². The Morgan fingerprint density at radius 3 is 2.65 bits per heavy atom. The highest BCUT2D eigenvalue weighted by atomic mass is 16.5. The molecule has 2 saturated heterocycles. The molecule has 4 aliphatic rings. The number of hydrogen-bond acceptors (Lipinski definition) is 11. The Labute approximate surface area is 382 Å². The summed E-state index contributed by atoms with van der Waals surface area (Å²) in [6, 6.07) is 3.56. The average molecular weight is 894 g/mol. The van der Waals surface area contributed by atoms with Crippen molar-refractivity contribution in [1.29, 1.82) is 0 Å². The zero-order valence-corrected chi connectivity index (χ0v) is 39.4. The van der Waals surface area contributed by atoms with Crippen LogP contribution in [0.5, 0.6) is 0 Å². The Kier molecular flexibility index (Phi) is 14.5. The van der Waals surface area contributed by atoms with Crippen LogP contribution in [-0.4, -0.2) is 131 Å². The predicted octanol–water partition coefficient (Wildman–Crippen LogP) is 4.98. The number of hydrazine groups is 1. The number of pyridine rings is 2. The molecule has 16 nitrogen and oxygen atoms in total. The van der Waals surface area contributed by atoms with Gasteiger partial charge in [0.05, 0.1) is 41.9 Å². The van der Waals surface area contributed by atoms with Crippen molar-refractivity contribution in [3.63, 3.8) is 0 Å². The molecule has 65 heavy (non-hydrogen) atoms. The zero-order valence-electron chi connectivity index (χ0n) is 39.4. The van der Waals surface area contributed by atoms with Crippen molar-refractivity contribution in [2.45, 2.75) is 111 Å². The number of hydrogen-bond donors (Lipinski definition) is 2. The molecule has 4 amide bonds. The van der Waals surface area contributed by atoms with Gasteiger partial charge in [0.1, 0.15) is 23.8 Å². The molecule has 5 atom stereocenters. The van der Waals surface area contributed by atoms with E-state index in [4.69, 9.17) is 19.4 Å². The van der Waals surface area contributed by atoms with Crippen molar-refractivity contribution >= 4 is 46.3 Å². The highest BCUT2D eigenvalue weighted by Gasteiger charge is 2.40. The molecule has 3 aromatic rings. The Morgan fingerprint density at radius 2 is 1.92 bits per heavy atom. The number of nitrogens with one attached hydrogen (secondary N) is 2. The van der Waals surface area contributed by atoms with E-state index in [1.54, 1.807) is 25.3 Å². The summed E-state index contributed by atoms with van der Waals surface area (Å²) >= 11 is 0. The number of carbonyl (C=O) groups excluding carboxylic acids is 5. The maximum absolute atomic E-state index is 14.7. The second-order valence-corrected chi connectivity index (χ2v) is 19.2.